The highest BCUT2D eigenvalue weighted by molar-refractivity contribution is 5.94. The van der Waals surface area contributed by atoms with E-state index in [9.17, 15) is 4.79 Å². The van der Waals surface area contributed by atoms with Crippen LogP contribution in [-0.2, 0) is 0 Å². The van der Waals surface area contributed by atoms with Crippen LogP contribution in [0.15, 0.2) is 24.3 Å². The number of nitrogens with one attached hydrogen (secondary N) is 1. The number of carbonyl (C=O) groups excluding carboxylic acids is 1. The summed E-state index contributed by atoms with van der Waals surface area (Å²) >= 11 is 0. The van der Waals surface area contributed by atoms with E-state index in [1.807, 2.05) is 6.07 Å². The molecule has 2 N–H and O–H groups in total. The number of benzene rings is 1. The van der Waals surface area contributed by atoms with Crippen molar-refractivity contribution < 1.29 is 9.90 Å². The average Bonchev–Trinajstić information content (AvgIpc) is 2.99. The SMILES string of the molecule is N#Cc1cccc(C(=O)N(CCO)CC2CCCN2)c1. The Balaban J connectivity index is 2.10. The zero-order chi connectivity index (χ0) is 14.4. The third kappa shape index (κ3) is 3.56. The first-order chi connectivity index (χ1) is 9.74. The number of nitrogens with zero attached hydrogens (tertiary/aromatic N) is 2. The van der Waals surface area contributed by atoms with Crippen molar-refractivity contribution in [1.29, 1.82) is 5.26 Å². The van der Waals surface area contributed by atoms with E-state index in [1.165, 1.54) is 0 Å². The van der Waals surface area contributed by atoms with Crippen LogP contribution in [0.1, 0.15) is 28.8 Å². The lowest BCUT2D eigenvalue weighted by molar-refractivity contribution is 0.0706. The van der Waals surface area contributed by atoms with E-state index in [0.717, 1.165) is 19.4 Å². The summed E-state index contributed by atoms with van der Waals surface area (Å²) in [5, 5.41) is 21.4. The van der Waals surface area contributed by atoms with Crippen LogP contribution in [0.2, 0.25) is 0 Å². The van der Waals surface area contributed by atoms with E-state index >= 15 is 0 Å². The Bertz CT molecular complexity index is 504. The van der Waals surface area contributed by atoms with Crippen molar-refractivity contribution in [3.63, 3.8) is 0 Å². The number of amides is 1. The summed E-state index contributed by atoms with van der Waals surface area (Å²) in [5.74, 6) is -0.134. The maximum atomic E-state index is 12.5. The summed E-state index contributed by atoms with van der Waals surface area (Å²) in [6, 6.07) is 9.00. The number of hydrogen-bond acceptors (Lipinski definition) is 4. The quantitative estimate of drug-likeness (QED) is 0.830. The molecule has 0 spiro atoms. The van der Waals surface area contributed by atoms with Crippen LogP contribution in [0.5, 0.6) is 0 Å². The molecule has 0 radical (unpaired) electrons. The minimum Gasteiger partial charge on any atom is -0.395 e. The van der Waals surface area contributed by atoms with Crippen molar-refractivity contribution in [1.82, 2.24) is 10.2 Å². The average molecular weight is 273 g/mol. The van der Waals surface area contributed by atoms with Gasteiger partial charge in [0.15, 0.2) is 0 Å². The topological polar surface area (TPSA) is 76.4 Å². The van der Waals surface area contributed by atoms with Gasteiger partial charge in [0.25, 0.3) is 5.91 Å². The predicted molar refractivity (Wildman–Crippen MR) is 75.2 cm³/mol. The van der Waals surface area contributed by atoms with E-state index in [4.69, 9.17) is 10.4 Å². The molecule has 0 bridgehead atoms. The monoisotopic (exact) mass is 273 g/mol. The van der Waals surface area contributed by atoms with E-state index < -0.39 is 0 Å². The fourth-order valence-electron chi connectivity index (χ4n) is 2.48. The fraction of sp³-hybridized carbons (Fsp3) is 0.467. The number of aliphatic hydroxyl groups is 1. The Morgan fingerprint density at radius 2 is 2.40 bits per heavy atom. The van der Waals surface area contributed by atoms with Crippen LogP contribution >= 0.6 is 0 Å². The Morgan fingerprint density at radius 3 is 3.05 bits per heavy atom. The highest BCUT2D eigenvalue weighted by Crippen LogP contribution is 2.11. The van der Waals surface area contributed by atoms with E-state index in [2.05, 4.69) is 5.32 Å². The Labute approximate surface area is 118 Å². The zero-order valence-electron chi connectivity index (χ0n) is 11.4. The standard InChI is InChI=1S/C15H19N3O2/c16-10-12-3-1-4-13(9-12)15(20)18(7-8-19)11-14-5-2-6-17-14/h1,3-4,9,14,17,19H,2,5-8,11H2. The minimum absolute atomic E-state index is 0.0591. The Hall–Kier alpha value is -1.90. The summed E-state index contributed by atoms with van der Waals surface area (Å²) in [6.45, 7) is 1.83. The highest BCUT2D eigenvalue weighted by Gasteiger charge is 2.22. The first-order valence-corrected chi connectivity index (χ1v) is 6.88. The summed E-state index contributed by atoms with van der Waals surface area (Å²) < 4.78 is 0. The smallest absolute Gasteiger partial charge is 0.254 e. The lowest BCUT2D eigenvalue weighted by atomic mass is 10.1. The van der Waals surface area contributed by atoms with Crippen LogP contribution in [0.4, 0.5) is 0 Å². The lowest BCUT2D eigenvalue weighted by Gasteiger charge is -2.25. The van der Waals surface area contributed by atoms with Crippen LogP contribution in [0, 0.1) is 11.3 Å². The first kappa shape index (κ1) is 14.5. The molecule has 106 valence electrons. The molecule has 5 nitrogen and oxygen atoms in total. The van der Waals surface area contributed by atoms with Gasteiger partial charge in [-0.15, -0.1) is 0 Å². The molecule has 0 aromatic heterocycles. The second kappa shape index (κ2) is 7.04. The van der Waals surface area contributed by atoms with Gasteiger partial charge in [0, 0.05) is 24.7 Å². The van der Waals surface area contributed by atoms with Gasteiger partial charge in [-0.1, -0.05) is 6.07 Å². The molecule has 1 aromatic rings. The molecule has 5 heteroatoms. The molecule has 2 rings (SSSR count). The van der Waals surface area contributed by atoms with Crippen molar-refractivity contribution in [3.05, 3.63) is 35.4 Å². The fourth-order valence-corrected chi connectivity index (χ4v) is 2.48. The summed E-state index contributed by atoms with van der Waals surface area (Å²) in [4.78, 5) is 14.1. The molecule has 1 unspecified atom stereocenters. The van der Waals surface area contributed by atoms with E-state index in [0.29, 0.717) is 30.3 Å². The van der Waals surface area contributed by atoms with Gasteiger partial charge >= 0.3 is 0 Å². The predicted octanol–water partition coefficient (Wildman–Crippen LogP) is 0.745. The van der Waals surface area contributed by atoms with Crippen LogP contribution in [0.3, 0.4) is 0 Å². The van der Waals surface area contributed by atoms with Crippen molar-refractivity contribution in [3.8, 4) is 6.07 Å². The number of nitriles is 1. The normalized spacial score (nSPS) is 17.7. The molecular formula is C15H19N3O2. The molecular weight excluding hydrogens is 254 g/mol. The Kier molecular flexibility index (Phi) is 5.10. The van der Waals surface area contributed by atoms with Crippen molar-refractivity contribution in [2.45, 2.75) is 18.9 Å². The molecule has 1 fully saturated rings. The van der Waals surface area contributed by atoms with Gasteiger partial charge in [-0.2, -0.15) is 5.26 Å². The molecule has 1 atom stereocenters. The Morgan fingerprint density at radius 1 is 1.55 bits per heavy atom. The van der Waals surface area contributed by atoms with Crippen molar-refractivity contribution in [2.75, 3.05) is 26.2 Å². The maximum Gasteiger partial charge on any atom is 0.254 e. The van der Waals surface area contributed by atoms with E-state index in [-0.39, 0.29) is 12.5 Å². The summed E-state index contributed by atoms with van der Waals surface area (Å²) in [7, 11) is 0. The zero-order valence-corrected chi connectivity index (χ0v) is 11.4. The van der Waals surface area contributed by atoms with Gasteiger partial charge in [-0.25, -0.2) is 0 Å². The van der Waals surface area contributed by atoms with Crippen molar-refractivity contribution in [2.24, 2.45) is 0 Å². The van der Waals surface area contributed by atoms with Gasteiger partial charge in [0.05, 0.1) is 18.2 Å². The lowest BCUT2D eigenvalue weighted by Crippen LogP contribution is -2.42. The van der Waals surface area contributed by atoms with Crippen LogP contribution in [-0.4, -0.2) is 48.2 Å². The third-order valence-electron chi connectivity index (χ3n) is 3.50. The van der Waals surface area contributed by atoms with Gasteiger partial charge in [0.1, 0.15) is 0 Å². The van der Waals surface area contributed by atoms with Gasteiger partial charge < -0.3 is 15.3 Å². The van der Waals surface area contributed by atoms with Crippen molar-refractivity contribution >= 4 is 5.91 Å². The largest absolute Gasteiger partial charge is 0.395 e. The summed E-state index contributed by atoms with van der Waals surface area (Å²) in [6.07, 6.45) is 2.17. The molecule has 1 aliphatic rings. The molecule has 1 heterocycles. The second-order valence-electron chi connectivity index (χ2n) is 4.96. The maximum absolute atomic E-state index is 12.5. The van der Waals surface area contributed by atoms with Gasteiger partial charge in [-0.3, -0.25) is 4.79 Å². The number of aliphatic hydroxyl groups excluding tert-OH is 1. The molecule has 0 aliphatic carbocycles. The van der Waals surface area contributed by atoms with E-state index in [1.54, 1.807) is 29.2 Å². The second-order valence-corrected chi connectivity index (χ2v) is 4.96. The van der Waals surface area contributed by atoms with Gasteiger partial charge in [-0.05, 0) is 37.6 Å². The minimum atomic E-state index is -0.134. The van der Waals surface area contributed by atoms with Crippen LogP contribution < -0.4 is 5.32 Å². The third-order valence-corrected chi connectivity index (χ3v) is 3.50. The molecule has 1 aromatic carbocycles. The molecule has 1 aliphatic heterocycles. The first-order valence-electron chi connectivity index (χ1n) is 6.88. The molecule has 1 amide bonds. The van der Waals surface area contributed by atoms with Gasteiger partial charge in [0.2, 0.25) is 0 Å². The molecule has 1 saturated heterocycles. The summed E-state index contributed by atoms with van der Waals surface area (Å²) in [5.41, 5.74) is 0.967. The molecule has 20 heavy (non-hydrogen) atoms. The van der Waals surface area contributed by atoms with Crippen LogP contribution in [0.25, 0.3) is 0 Å². The number of hydrogen-bond donors (Lipinski definition) is 2. The number of carbonyl (C=O) groups is 1. The molecule has 0 saturated carbocycles. The number of rotatable bonds is 5. The highest BCUT2D eigenvalue weighted by atomic mass is 16.3.